The van der Waals surface area contributed by atoms with Crippen molar-refractivity contribution in [3.05, 3.63) is 63.1 Å². The maximum atomic E-state index is 13.2. The molecule has 0 spiro atoms. The molecule has 0 fully saturated rings. The van der Waals surface area contributed by atoms with Crippen LogP contribution in [0.3, 0.4) is 0 Å². The van der Waals surface area contributed by atoms with E-state index in [1.165, 1.54) is 4.90 Å². The third-order valence-corrected chi connectivity index (χ3v) is 5.83. The minimum atomic E-state index is -0.665. The lowest BCUT2D eigenvalue weighted by atomic mass is 10.1. The lowest BCUT2D eigenvalue weighted by Gasteiger charge is -2.31. The molecule has 0 aliphatic rings. The van der Waals surface area contributed by atoms with E-state index < -0.39 is 6.04 Å². The van der Waals surface area contributed by atoms with Crippen LogP contribution in [0.4, 0.5) is 0 Å². The monoisotopic (exact) mass is 484 g/mol. The largest absolute Gasteiger partial charge is 0.482 e. The summed E-state index contributed by atoms with van der Waals surface area (Å²) >= 11 is 18.4. The molecule has 1 N–H and O–H groups in total. The summed E-state index contributed by atoms with van der Waals surface area (Å²) in [6.07, 6.45) is 1.24. The van der Waals surface area contributed by atoms with Gasteiger partial charge in [-0.3, -0.25) is 9.59 Å². The number of carbonyl (C=O) groups excluding carboxylic acids is 2. The van der Waals surface area contributed by atoms with Crippen LogP contribution < -0.4 is 10.1 Å². The van der Waals surface area contributed by atoms with Gasteiger partial charge in [0.25, 0.3) is 5.91 Å². The summed E-state index contributed by atoms with van der Waals surface area (Å²) in [7, 11) is 0. The Labute approximate surface area is 198 Å². The smallest absolute Gasteiger partial charge is 0.261 e. The Kier molecular flexibility index (Phi) is 9.94. The topological polar surface area (TPSA) is 58.6 Å². The SMILES string of the molecule is CC[C@@H](C)NC(=O)[C@@H](CC)N(Cc1ccccc1Cl)C(=O)COc1ccc(Cl)cc1Cl. The Bertz CT molecular complexity index is 907. The van der Waals surface area contributed by atoms with E-state index in [0.29, 0.717) is 27.2 Å². The van der Waals surface area contributed by atoms with Gasteiger partial charge in [-0.05, 0) is 49.6 Å². The van der Waals surface area contributed by atoms with Crippen molar-refractivity contribution in [3.63, 3.8) is 0 Å². The van der Waals surface area contributed by atoms with Gasteiger partial charge in [-0.15, -0.1) is 0 Å². The second kappa shape index (κ2) is 12.2. The number of amides is 2. The van der Waals surface area contributed by atoms with Crippen molar-refractivity contribution in [2.24, 2.45) is 0 Å². The molecule has 2 amide bonds. The molecule has 2 aromatic carbocycles. The second-order valence-electron chi connectivity index (χ2n) is 7.22. The van der Waals surface area contributed by atoms with Crippen molar-refractivity contribution in [2.75, 3.05) is 6.61 Å². The zero-order valence-corrected chi connectivity index (χ0v) is 20.1. The Morgan fingerprint density at radius 1 is 1.03 bits per heavy atom. The second-order valence-corrected chi connectivity index (χ2v) is 8.47. The molecule has 0 aliphatic heterocycles. The molecule has 0 radical (unpaired) electrons. The quantitative estimate of drug-likeness (QED) is 0.466. The van der Waals surface area contributed by atoms with E-state index in [0.717, 1.165) is 12.0 Å². The highest BCUT2D eigenvalue weighted by Gasteiger charge is 2.30. The van der Waals surface area contributed by atoms with E-state index >= 15 is 0 Å². The number of hydrogen-bond acceptors (Lipinski definition) is 3. The van der Waals surface area contributed by atoms with Crippen molar-refractivity contribution in [1.29, 1.82) is 0 Å². The maximum Gasteiger partial charge on any atom is 0.261 e. The highest BCUT2D eigenvalue weighted by Crippen LogP contribution is 2.28. The summed E-state index contributed by atoms with van der Waals surface area (Å²) in [6.45, 7) is 5.69. The molecule has 0 bridgehead atoms. The highest BCUT2D eigenvalue weighted by molar-refractivity contribution is 6.35. The van der Waals surface area contributed by atoms with Gasteiger partial charge in [0.2, 0.25) is 5.91 Å². The van der Waals surface area contributed by atoms with Gasteiger partial charge in [0.15, 0.2) is 6.61 Å². The molecule has 168 valence electrons. The van der Waals surface area contributed by atoms with Crippen molar-refractivity contribution < 1.29 is 14.3 Å². The van der Waals surface area contributed by atoms with E-state index in [1.54, 1.807) is 24.3 Å². The average Bonchev–Trinajstić information content (AvgIpc) is 2.74. The standard InChI is InChI=1S/C23H27Cl3N2O3/c1-4-15(3)27-23(30)20(5-2)28(13-16-8-6-7-9-18(16)25)22(29)14-31-21-11-10-17(24)12-19(21)26/h6-12,15,20H,4-5,13-14H2,1-3H3,(H,27,30)/t15-,20-/m1/s1. The zero-order valence-electron chi connectivity index (χ0n) is 17.8. The Morgan fingerprint density at radius 2 is 1.74 bits per heavy atom. The molecule has 0 unspecified atom stereocenters. The first-order valence-electron chi connectivity index (χ1n) is 10.2. The Balaban J connectivity index is 2.25. The van der Waals surface area contributed by atoms with Crippen LogP contribution in [0.1, 0.15) is 39.2 Å². The molecule has 0 saturated heterocycles. The van der Waals surface area contributed by atoms with E-state index in [1.807, 2.05) is 39.0 Å². The predicted molar refractivity (Wildman–Crippen MR) is 126 cm³/mol. The highest BCUT2D eigenvalue weighted by atomic mass is 35.5. The number of hydrogen-bond donors (Lipinski definition) is 1. The van der Waals surface area contributed by atoms with E-state index in [-0.39, 0.29) is 31.0 Å². The van der Waals surface area contributed by atoms with Crippen LogP contribution in [-0.2, 0) is 16.1 Å². The van der Waals surface area contributed by atoms with Gasteiger partial charge < -0.3 is 15.0 Å². The molecule has 2 aromatic rings. The van der Waals surface area contributed by atoms with Crippen LogP contribution in [-0.4, -0.2) is 35.4 Å². The molecule has 5 nitrogen and oxygen atoms in total. The van der Waals surface area contributed by atoms with Gasteiger partial charge in [0, 0.05) is 22.6 Å². The van der Waals surface area contributed by atoms with Gasteiger partial charge in [-0.1, -0.05) is 66.8 Å². The van der Waals surface area contributed by atoms with Gasteiger partial charge in [-0.25, -0.2) is 0 Å². The summed E-state index contributed by atoms with van der Waals surface area (Å²) < 4.78 is 5.63. The van der Waals surface area contributed by atoms with E-state index in [9.17, 15) is 9.59 Å². The Morgan fingerprint density at radius 3 is 2.35 bits per heavy atom. The number of carbonyl (C=O) groups is 2. The summed E-state index contributed by atoms with van der Waals surface area (Å²) in [4.78, 5) is 27.6. The van der Waals surface area contributed by atoms with Crippen LogP contribution in [0.25, 0.3) is 0 Å². The number of nitrogens with one attached hydrogen (secondary N) is 1. The van der Waals surface area contributed by atoms with Crippen molar-refractivity contribution in [3.8, 4) is 5.75 Å². The van der Waals surface area contributed by atoms with Crippen LogP contribution >= 0.6 is 34.8 Å². The van der Waals surface area contributed by atoms with Crippen molar-refractivity contribution in [1.82, 2.24) is 10.2 Å². The summed E-state index contributed by atoms with van der Waals surface area (Å²) in [6, 6.07) is 11.4. The molecule has 2 rings (SSSR count). The number of ether oxygens (including phenoxy) is 1. The molecule has 0 aromatic heterocycles. The first-order chi connectivity index (χ1) is 14.8. The number of rotatable bonds is 10. The van der Waals surface area contributed by atoms with Crippen molar-refractivity contribution in [2.45, 2.75) is 52.2 Å². The summed E-state index contributed by atoms with van der Waals surface area (Å²) in [5.74, 6) is -0.215. The lowest BCUT2D eigenvalue weighted by Crippen LogP contribution is -2.51. The van der Waals surface area contributed by atoms with Gasteiger partial charge >= 0.3 is 0 Å². The van der Waals surface area contributed by atoms with Crippen molar-refractivity contribution >= 4 is 46.6 Å². The normalized spacial score (nSPS) is 12.7. The van der Waals surface area contributed by atoms with E-state index in [2.05, 4.69) is 5.32 Å². The van der Waals surface area contributed by atoms with Gasteiger partial charge in [0.1, 0.15) is 11.8 Å². The van der Waals surface area contributed by atoms with Crippen LogP contribution in [0.5, 0.6) is 5.75 Å². The minimum absolute atomic E-state index is 0.00272. The first-order valence-corrected chi connectivity index (χ1v) is 11.3. The molecular weight excluding hydrogens is 459 g/mol. The fourth-order valence-electron chi connectivity index (χ4n) is 2.99. The first kappa shape index (κ1) is 25.3. The van der Waals surface area contributed by atoms with Gasteiger partial charge in [0.05, 0.1) is 5.02 Å². The van der Waals surface area contributed by atoms with Crippen LogP contribution in [0, 0.1) is 0 Å². The third-order valence-electron chi connectivity index (χ3n) is 4.93. The number of benzene rings is 2. The molecular formula is C23H27Cl3N2O3. The minimum Gasteiger partial charge on any atom is -0.482 e. The molecule has 31 heavy (non-hydrogen) atoms. The fraction of sp³-hybridized carbons (Fsp3) is 0.391. The third kappa shape index (κ3) is 7.30. The predicted octanol–water partition coefficient (Wildman–Crippen LogP) is 5.75. The molecule has 8 heteroatoms. The molecule has 2 atom stereocenters. The zero-order chi connectivity index (χ0) is 23.0. The lowest BCUT2D eigenvalue weighted by molar-refractivity contribution is -0.143. The Hall–Kier alpha value is -1.95. The van der Waals surface area contributed by atoms with Crippen LogP contribution in [0.2, 0.25) is 15.1 Å². The molecule has 0 aliphatic carbocycles. The summed E-state index contributed by atoms with van der Waals surface area (Å²) in [5, 5.41) is 4.26. The molecule has 0 heterocycles. The average molecular weight is 486 g/mol. The summed E-state index contributed by atoms with van der Waals surface area (Å²) in [5.41, 5.74) is 0.747. The number of halogens is 3. The van der Waals surface area contributed by atoms with Crippen LogP contribution in [0.15, 0.2) is 42.5 Å². The molecule has 0 saturated carbocycles. The number of nitrogens with zero attached hydrogens (tertiary/aromatic N) is 1. The maximum absolute atomic E-state index is 13.2. The fourth-order valence-corrected chi connectivity index (χ4v) is 3.64. The van der Waals surface area contributed by atoms with Gasteiger partial charge in [-0.2, -0.15) is 0 Å². The van der Waals surface area contributed by atoms with E-state index in [4.69, 9.17) is 39.5 Å².